The lowest BCUT2D eigenvalue weighted by atomic mass is 10.1. The lowest BCUT2D eigenvalue weighted by Crippen LogP contribution is -2.25. The second kappa shape index (κ2) is 10.1. The van der Waals surface area contributed by atoms with Gasteiger partial charge in [-0.1, -0.05) is 0 Å². The van der Waals surface area contributed by atoms with E-state index in [2.05, 4.69) is 20.7 Å². The second-order valence-corrected chi connectivity index (χ2v) is 7.00. The molecule has 2 heterocycles. The number of carbonyl (C=O) groups excluding carboxylic acids is 2. The highest BCUT2D eigenvalue weighted by Crippen LogP contribution is 2.33. The average molecular weight is 445 g/mol. The Bertz CT molecular complexity index is 1060. The summed E-state index contributed by atoms with van der Waals surface area (Å²) in [6.45, 7) is 0.392. The van der Waals surface area contributed by atoms with E-state index in [1.807, 2.05) is 0 Å². The van der Waals surface area contributed by atoms with Crippen molar-refractivity contribution in [1.82, 2.24) is 25.4 Å². The number of nitrogens with one attached hydrogen (secondary N) is 2. The normalized spacial score (nSPS) is 11.2. The predicted octanol–water partition coefficient (Wildman–Crippen LogP) is 3.60. The fourth-order valence-corrected chi connectivity index (χ4v) is 3.03. The van der Waals surface area contributed by atoms with Crippen molar-refractivity contribution >= 4 is 11.8 Å². The van der Waals surface area contributed by atoms with Gasteiger partial charge in [0, 0.05) is 43.5 Å². The van der Waals surface area contributed by atoms with Crippen molar-refractivity contribution in [1.29, 1.82) is 0 Å². The Hall–Kier alpha value is -3.69. The largest absolute Gasteiger partial charge is 0.433 e. The first-order chi connectivity index (χ1) is 15.3. The van der Waals surface area contributed by atoms with Gasteiger partial charge in [-0.15, -0.1) is 0 Å². The molecule has 0 radical (unpaired) electrons. The minimum absolute atomic E-state index is 0.0598. The lowest BCUT2D eigenvalue weighted by Gasteiger charge is -2.11. The maximum atomic E-state index is 13.6. The molecule has 168 valence electrons. The summed E-state index contributed by atoms with van der Waals surface area (Å²) in [4.78, 5) is 27.3. The summed E-state index contributed by atoms with van der Waals surface area (Å²) in [5.41, 5.74) is 0.167. The van der Waals surface area contributed by atoms with Crippen molar-refractivity contribution in [2.24, 2.45) is 0 Å². The number of carbonyl (C=O) groups is 2. The summed E-state index contributed by atoms with van der Waals surface area (Å²) in [5.74, 6) is -0.403. The zero-order valence-corrected chi connectivity index (χ0v) is 17.3. The molecule has 3 rings (SSSR count). The number of rotatable bonds is 8. The first-order valence-electron chi connectivity index (χ1n) is 9.96. The van der Waals surface area contributed by atoms with Crippen LogP contribution in [0, 0.1) is 0 Å². The van der Waals surface area contributed by atoms with Gasteiger partial charge in [0.15, 0.2) is 0 Å². The monoisotopic (exact) mass is 445 g/mol. The second-order valence-electron chi connectivity index (χ2n) is 7.00. The Morgan fingerprint density at radius 2 is 1.84 bits per heavy atom. The van der Waals surface area contributed by atoms with Gasteiger partial charge >= 0.3 is 6.18 Å². The number of nitrogens with zero attached hydrogens (tertiary/aromatic N) is 3. The molecule has 0 fully saturated rings. The summed E-state index contributed by atoms with van der Waals surface area (Å²) >= 11 is 0. The third kappa shape index (κ3) is 5.71. The van der Waals surface area contributed by atoms with Crippen LogP contribution in [-0.4, -0.2) is 40.2 Å². The standard InChI is InChI=1S/C22H22F3N5O2/c1-26-20(31)6-2-3-12-28-21(32)15-7-9-17(10-8-15)30-19(22(23,24)25)13-18(29-30)16-5-4-11-27-14-16/h4-5,7-11,13-14H,2-3,6,12H2,1H3,(H,26,31)(H,28,32). The van der Waals surface area contributed by atoms with Crippen LogP contribution in [0.3, 0.4) is 0 Å². The molecular weight excluding hydrogens is 423 g/mol. The molecular formula is C22H22F3N5O2. The molecule has 0 unspecified atom stereocenters. The van der Waals surface area contributed by atoms with Gasteiger partial charge in [-0.25, -0.2) is 4.68 Å². The van der Waals surface area contributed by atoms with E-state index in [0.29, 0.717) is 36.9 Å². The van der Waals surface area contributed by atoms with Gasteiger partial charge < -0.3 is 10.6 Å². The van der Waals surface area contributed by atoms with Crippen molar-refractivity contribution in [3.8, 4) is 16.9 Å². The number of hydrogen-bond donors (Lipinski definition) is 2. The van der Waals surface area contributed by atoms with Gasteiger partial charge in [0.25, 0.3) is 5.91 Å². The molecule has 1 aromatic carbocycles. The summed E-state index contributed by atoms with van der Waals surface area (Å²) in [7, 11) is 1.56. The molecule has 10 heteroatoms. The average Bonchev–Trinajstić information content (AvgIpc) is 3.25. The molecule has 0 atom stereocenters. The van der Waals surface area contributed by atoms with Crippen molar-refractivity contribution < 1.29 is 22.8 Å². The molecule has 2 amide bonds. The minimum atomic E-state index is -4.61. The van der Waals surface area contributed by atoms with E-state index < -0.39 is 11.9 Å². The number of aromatic nitrogens is 3. The summed E-state index contributed by atoms with van der Waals surface area (Å²) in [6.07, 6.45) is 0.00572. The number of hydrogen-bond acceptors (Lipinski definition) is 4. The first-order valence-corrected chi connectivity index (χ1v) is 9.96. The Balaban J connectivity index is 1.72. The van der Waals surface area contributed by atoms with E-state index in [1.165, 1.54) is 36.7 Å². The van der Waals surface area contributed by atoms with Gasteiger partial charge in [0.05, 0.1) is 11.4 Å². The summed E-state index contributed by atoms with van der Waals surface area (Å²) in [5, 5.41) is 9.36. The van der Waals surface area contributed by atoms with Crippen LogP contribution in [0.4, 0.5) is 13.2 Å². The molecule has 0 aliphatic rings. The maximum Gasteiger partial charge on any atom is 0.433 e. The molecule has 0 bridgehead atoms. The van der Waals surface area contributed by atoms with E-state index >= 15 is 0 Å². The molecule has 2 N–H and O–H groups in total. The van der Waals surface area contributed by atoms with Crippen molar-refractivity contribution in [2.45, 2.75) is 25.4 Å². The van der Waals surface area contributed by atoms with Crippen LogP contribution in [0.15, 0.2) is 54.9 Å². The Morgan fingerprint density at radius 1 is 1.09 bits per heavy atom. The van der Waals surface area contributed by atoms with Crippen molar-refractivity contribution in [3.63, 3.8) is 0 Å². The highest BCUT2D eigenvalue weighted by atomic mass is 19.4. The molecule has 3 aromatic rings. The van der Waals surface area contributed by atoms with Gasteiger partial charge in [-0.2, -0.15) is 18.3 Å². The summed E-state index contributed by atoms with van der Waals surface area (Å²) < 4.78 is 41.5. The van der Waals surface area contributed by atoms with Crippen molar-refractivity contribution in [3.05, 3.63) is 66.1 Å². The number of pyridine rings is 1. The zero-order valence-electron chi connectivity index (χ0n) is 17.3. The fourth-order valence-electron chi connectivity index (χ4n) is 3.03. The quantitative estimate of drug-likeness (QED) is 0.519. The van der Waals surface area contributed by atoms with Crippen LogP contribution in [-0.2, 0) is 11.0 Å². The minimum Gasteiger partial charge on any atom is -0.359 e. The third-order valence-electron chi connectivity index (χ3n) is 4.73. The highest BCUT2D eigenvalue weighted by molar-refractivity contribution is 5.94. The summed E-state index contributed by atoms with van der Waals surface area (Å²) in [6, 6.07) is 9.93. The molecule has 32 heavy (non-hydrogen) atoms. The number of benzene rings is 1. The molecule has 0 aliphatic carbocycles. The topological polar surface area (TPSA) is 88.9 Å². The Labute approximate surface area is 182 Å². The van der Waals surface area contributed by atoms with Crippen LogP contribution in [0.25, 0.3) is 16.9 Å². The SMILES string of the molecule is CNC(=O)CCCCNC(=O)c1ccc(-n2nc(-c3cccnc3)cc2C(F)(F)F)cc1. The van der Waals surface area contributed by atoms with Crippen LogP contribution in [0.1, 0.15) is 35.3 Å². The molecule has 0 saturated carbocycles. The maximum absolute atomic E-state index is 13.6. The number of alkyl halides is 3. The van der Waals surface area contributed by atoms with Crippen LogP contribution in [0.2, 0.25) is 0 Å². The molecule has 7 nitrogen and oxygen atoms in total. The zero-order chi connectivity index (χ0) is 23.1. The first kappa shape index (κ1) is 23.0. The van der Waals surface area contributed by atoms with Crippen LogP contribution < -0.4 is 10.6 Å². The smallest absolute Gasteiger partial charge is 0.359 e. The lowest BCUT2D eigenvalue weighted by molar-refractivity contribution is -0.142. The molecule has 2 aromatic heterocycles. The van der Waals surface area contributed by atoms with E-state index in [0.717, 1.165) is 10.7 Å². The number of amides is 2. The van der Waals surface area contributed by atoms with E-state index in [4.69, 9.17) is 0 Å². The predicted molar refractivity (Wildman–Crippen MR) is 112 cm³/mol. The van der Waals surface area contributed by atoms with Gasteiger partial charge in [0.2, 0.25) is 5.91 Å². The Morgan fingerprint density at radius 3 is 2.47 bits per heavy atom. The van der Waals surface area contributed by atoms with E-state index in [9.17, 15) is 22.8 Å². The van der Waals surface area contributed by atoms with Gasteiger partial charge in [-0.3, -0.25) is 14.6 Å². The van der Waals surface area contributed by atoms with E-state index in [-0.39, 0.29) is 23.2 Å². The molecule has 0 spiro atoms. The molecule has 0 saturated heterocycles. The van der Waals surface area contributed by atoms with Gasteiger partial charge in [-0.05, 0) is 55.3 Å². The number of halogens is 3. The highest BCUT2D eigenvalue weighted by Gasteiger charge is 2.36. The Kier molecular flexibility index (Phi) is 7.24. The third-order valence-corrected chi connectivity index (χ3v) is 4.73. The van der Waals surface area contributed by atoms with Crippen LogP contribution >= 0.6 is 0 Å². The molecule has 0 aliphatic heterocycles. The van der Waals surface area contributed by atoms with Gasteiger partial charge in [0.1, 0.15) is 5.69 Å². The fraction of sp³-hybridized carbons (Fsp3) is 0.273. The number of unbranched alkanes of at least 4 members (excludes halogenated alkanes) is 1. The van der Waals surface area contributed by atoms with Crippen LogP contribution in [0.5, 0.6) is 0 Å². The van der Waals surface area contributed by atoms with E-state index in [1.54, 1.807) is 19.2 Å². The van der Waals surface area contributed by atoms with Crippen molar-refractivity contribution in [2.75, 3.05) is 13.6 Å².